The van der Waals surface area contributed by atoms with Gasteiger partial charge in [0.15, 0.2) is 0 Å². The van der Waals surface area contributed by atoms with Crippen molar-refractivity contribution in [3.63, 3.8) is 0 Å². The van der Waals surface area contributed by atoms with Crippen LogP contribution in [0.2, 0.25) is 0 Å². The lowest BCUT2D eigenvalue weighted by Gasteiger charge is -2.25. The van der Waals surface area contributed by atoms with Crippen LogP contribution in [0.25, 0.3) is 0 Å². The average Bonchev–Trinajstić information content (AvgIpc) is 3.12. The molecule has 0 aliphatic carbocycles. The van der Waals surface area contributed by atoms with E-state index in [-0.39, 0.29) is 19.1 Å². The third kappa shape index (κ3) is 39.0. The van der Waals surface area contributed by atoms with Gasteiger partial charge >= 0.3 is 7.82 Å². The zero-order valence-electron chi connectivity index (χ0n) is 36.0. The van der Waals surface area contributed by atoms with Crippen LogP contribution in [0.3, 0.4) is 0 Å². The quantitative estimate of drug-likeness (QED) is 0.0188. The maximum absolute atomic E-state index is 12.9. The summed E-state index contributed by atoms with van der Waals surface area (Å²) in [5, 5.41) is 13.8. The molecule has 8 nitrogen and oxygen atoms in total. The van der Waals surface area contributed by atoms with Crippen LogP contribution in [-0.4, -0.2) is 73.4 Å². The molecule has 0 aromatic carbocycles. The van der Waals surface area contributed by atoms with Crippen LogP contribution < -0.4 is 5.32 Å². The van der Waals surface area contributed by atoms with Gasteiger partial charge in [-0.25, -0.2) is 4.57 Å². The average molecular weight is 784 g/mol. The number of aliphatic hydroxyl groups excluding tert-OH is 1. The molecule has 0 rings (SSSR count). The van der Waals surface area contributed by atoms with Crippen LogP contribution in [0.15, 0.2) is 36.5 Å². The van der Waals surface area contributed by atoms with E-state index in [1.807, 2.05) is 27.2 Å². The van der Waals surface area contributed by atoms with Crippen molar-refractivity contribution in [1.82, 2.24) is 5.32 Å². The number of carbonyl (C=O) groups is 1. The summed E-state index contributed by atoms with van der Waals surface area (Å²) < 4.78 is 23.5. The van der Waals surface area contributed by atoms with Crippen LogP contribution in [0.4, 0.5) is 0 Å². The second-order valence-corrected chi connectivity index (χ2v) is 17.9. The van der Waals surface area contributed by atoms with Crippen molar-refractivity contribution in [2.45, 2.75) is 206 Å². The van der Waals surface area contributed by atoms with Crippen LogP contribution in [0.5, 0.6) is 0 Å². The SMILES string of the molecule is CCCCC/C=C\C=C/CCCCCCCCC(=O)NC(COP(=O)(O)OCC[N+](C)(C)C)C(O)/C=C/CCCCCCCCCCCCCCCCC. The first-order valence-electron chi connectivity index (χ1n) is 22.4. The lowest BCUT2D eigenvalue weighted by molar-refractivity contribution is -0.870. The van der Waals surface area contributed by atoms with Gasteiger partial charge in [0.05, 0.1) is 39.9 Å². The molecule has 0 spiro atoms. The standard InChI is InChI=1S/C45H87N2O6P/c1-6-8-10-12-14-16-18-20-22-23-25-26-28-30-32-34-36-38-44(48)43(42-53-54(50,51)52-41-40-47(3,4)5)46-45(49)39-37-35-33-31-29-27-24-21-19-17-15-13-11-9-7-2/h15,17,19,21,36,38,43-44,48H,6-14,16,18,20,22-35,37,39-42H2,1-5H3,(H-,46,49,50,51)/p+1/b17-15-,21-19-,38-36+. The second-order valence-electron chi connectivity index (χ2n) is 16.5. The number of carbonyl (C=O) groups excluding carboxylic acids is 1. The number of phosphoric acid groups is 1. The Kier molecular flexibility index (Phi) is 36.4. The summed E-state index contributed by atoms with van der Waals surface area (Å²) in [7, 11) is 1.56. The molecule has 54 heavy (non-hydrogen) atoms. The maximum atomic E-state index is 12.9. The molecule has 0 fully saturated rings. The molecule has 3 N–H and O–H groups in total. The monoisotopic (exact) mass is 784 g/mol. The number of hydrogen-bond donors (Lipinski definition) is 3. The van der Waals surface area contributed by atoms with Crippen molar-refractivity contribution < 1.29 is 32.9 Å². The first kappa shape index (κ1) is 52.7. The van der Waals surface area contributed by atoms with Gasteiger partial charge in [0.25, 0.3) is 0 Å². The smallest absolute Gasteiger partial charge is 0.387 e. The molecule has 0 saturated carbocycles. The van der Waals surface area contributed by atoms with Gasteiger partial charge in [0.2, 0.25) is 5.91 Å². The second kappa shape index (κ2) is 37.3. The summed E-state index contributed by atoms with van der Waals surface area (Å²) >= 11 is 0. The van der Waals surface area contributed by atoms with E-state index in [9.17, 15) is 19.4 Å². The Labute approximate surface area is 334 Å². The molecule has 9 heteroatoms. The van der Waals surface area contributed by atoms with Crippen molar-refractivity contribution in [3.8, 4) is 0 Å². The molecule has 0 heterocycles. The van der Waals surface area contributed by atoms with Crippen LogP contribution in [0.1, 0.15) is 194 Å². The summed E-state index contributed by atoms with van der Waals surface area (Å²) in [6.45, 7) is 4.77. The summed E-state index contributed by atoms with van der Waals surface area (Å²) in [6, 6.07) is -0.850. The van der Waals surface area contributed by atoms with Crippen molar-refractivity contribution >= 4 is 13.7 Å². The van der Waals surface area contributed by atoms with Crippen LogP contribution in [0, 0.1) is 0 Å². The molecule has 318 valence electrons. The third-order valence-corrected chi connectivity index (χ3v) is 10.9. The Bertz CT molecular complexity index is 980. The highest BCUT2D eigenvalue weighted by molar-refractivity contribution is 7.47. The fourth-order valence-corrected chi connectivity index (χ4v) is 7.00. The molecule has 0 aromatic heterocycles. The van der Waals surface area contributed by atoms with E-state index in [0.717, 1.165) is 51.4 Å². The Balaban J connectivity index is 4.45. The minimum atomic E-state index is -4.34. The van der Waals surface area contributed by atoms with Crippen molar-refractivity contribution in [2.24, 2.45) is 0 Å². The maximum Gasteiger partial charge on any atom is 0.472 e. The molecule has 0 bridgehead atoms. The van der Waals surface area contributed by atoms with Crippen LogP contribution in [-0.2, 0) is 18.4 Å². The number of hydrogen-bond acceptors (Lipinski definition) is 5. The van der Waals surface area contributed by atoms with Gasteiger partial charge in [-0.1, -0.05) is 179 Å². The molecule has 1 amide bonds. The normalized spacial score (nSPS) is 14.7. The fourth-order valence-electron chi connectivity index (χ4n) is 6.27. The van der Waals surface area contributed by atoms with Gasteiger partial charge in [-0.05, 0) is 44.9 Å². The molecule has 3 atom stereocenters. The lowest BCUT2D eigenvalue weighted by Crippen LogP contribution is -2.45. The van der Waals surface area contributed by atoms with E-state index in [0.29, 0.717) is 17.4 Å². The summed E-state index contributed by atoms with van der Waals surface area (Å²) in [4.78, 5) is 23.1. The Morgan fingerprint density at radius 2 is 1.04 bits per heavy atom. The number of allylic oxidation sites excluding steroid dienone is 5. The minimum Gasteiger partial charge on any atom is -0.387 e. The highest BCUT2D eigenvalue weighted by Crippen LogP contribution is 2.43. The number of aliphatic hydroxyl groups is 1. The van der Waals surface area contributed by atoms with Crippen molar-refractivity contribution in [3.05, 3.63) is 36.5 Å². The van der Waals surface area contributed by atoms with Gasteiger partial charge in [0.1, 0.15) is 13.2 Å². The Morgan fingerprint density at radius 1 is 0.630 bits per heavy atom. The lowest BCUT2D eigenvalue weighted by atomic mass is 10.0. The third-order valence-electron chi connectivity index (χ3n) is 9.88. The van der Waals surface area contributed by atoms with Gasteiger partial charge in [-0.3, -0.25) is 13.8 Å². The number of likely N-dealkylation sites (N-methyl/N-ethyl adjacent to an activating group) is 1. The summed E-state index contributed by atoms with van der Waals surface area (Å²) in [5.74, 6) is -0.190. The molecular weight excluding hydrogens is 695 g/mol. The van der Waals surface area contributed by atoms with E-state index >= 15 is 0 Å². The van der Waals surface area contributed by atoms with Crippen molar-refractivity contribution in [1.29, 1.82) is 0 Å². The Morgan fingerprint density at radius 3 is 1.52 bits per heavy atom. The zero-order chi connectivity index (χ0) is 40.0. The zero-order valence-corrected chi connectivity index (χ0v) is 36.9. The minimum absolute atomic E-state index is 0.0588. The number of nitrogens with one attached hydrogen (secondary N) is 1. The molecule has 0 saturated heterocycles. The number of amides is 1. The highest BCUT2D eigenvalue weighted by atomic mass is 31.2. The largest absolute Gasteiger partial charge is 0.472 e. The van der Waals surface area contributed by atoms with E-state index < -0.39 is 20.0 Å². The molecule has 0 aliphatic heterocycles. The first-order valence-corrected chi connectivity index (χ1v) is 23.9. The molecule has 0 radical (unpaired) electrons. The van der Waals surface area contributed by atoms with Crippen molar-refractivity contribution in [2.75, 3.05) is 40.9 Å². The predicted octanol–water partition coefficient (Wildman–Crippen LogP) is 12.3. The highest BCUT2D eigenvalue weighted by Gasteiger charge is 2.27. The number of phosphoric ester groups is 1. The fraction of sp³-hybridized carbons (Fsp3) is 0.844. The number of nitrogens with zero attached hydrogens (tertiary/aromatic N) is 1. The van der Waals surface area contributed by atoms with Gasteiger partial charge in [-0.2, -0.15) is 0 Å². The Hall–Kier alpha value is -1.28. The van der Waals surface area contributed by atoms with Gasteiger partial charge in [0, 0.05) is 6.42 Å². The number of unbranched alkanes of at least 4 members (excludes halogenated alkanes) is 24. The van der Waals surface area contributed by atoms with E-state index in [1.54, 1.807) is 6.08 Å². The molecular formula is C45H88N2O6P+. The molecule has 0 aliphatic rings. The van der Waals surface area contributed by atoms with E-state index in [1.165, 1.54) is 122 Å². The molecule has 0 aromatic rings. The predicted molar refractivity (Wildman–Crippen MR) is 231 cm³/mol. The topological polar surface area (TPSA) is 105 Å². The first-order chi connectivity index (χ1) is 26.0. The summed E-state index contributed by atoms with van der Waals surface area (Å²) in [5.41, 5.74) is 0. The van der Waals surface area contributed by atoms with Crippen LogP contribution >= 0.6 is 7.82 Å². The molecule has 3 unspecified atom stereocenters. The number of rotatable bonds is 40. The van der Waals surface area contributed by atoms with E-state index in [4.69, 9.17) is 9.05 Å². The number of quaternary nitrogens is 1. The van der Waals surface area contributed by atoms with Gasteiger partial charge < -0.3 is 19.8 Å². The van der Waals surface area contributed by atoms with E-state index in [2.05, 4.69) is 43.5 Å². The summed E-state index contributed by atoms with van der Waals surface area (Å²) in [6.07, 6.45) is 44.9. The van der Waals surface area contributed by atoms with Gasteiger partial charge in [-0.15, -0.1) is 0 Å².